The average molecular weight is 280 g/mol. The molecular weight excluding hydrogens is 248 g/mol. The summed E-state index contributed by atoms with van der Waals surface area (Å²) in [7, 11) is 2.15. The maximum atomic E-state index is 5.98. The van der Waals surface area contributed by atoms with Crippen LogP contribution in [0.3, 0.4) is 0 Å². The van der Waals surface area contributed by atoms with Crippen LogP contribution in [-0.4, -0.2) is 25.0 Å². The molecule has 3 heteroatoms. The highest BCUT2D eigenvalue weighted by atomic mass is 16.3. The minimum absolute atomic E-state index is 0.317. The topological polar surface area (TPSA) is 28.4 Å². The van der Waals surface area contributed by atoms with Crippen molar-refractivity contribution in [2.24, 2.45) is 11.3 Å². The van der Waals surface area contributed by atoms with Crippen LogP contribution in [0.15, 0.2) is 10.5 Å². The molecule has 20 heavy (non-hydrogen) atoms. The van der Waals surface area contributed by atoms with Crippen LogP contribution in [-0.2, 0) is 13.1 Å². The zero-order valence-corrected chi connectivity index (χ0v) is 14.3. The Morgan fingerprint density at radius 1 is 1.30 bits per heavy atom. The van der Waals surface area contributed by atoms with Crippen molar-refractivity contribution in [2.45, 2.75) is 54.6 Å². The van der Waals surface area contributed by atoms with Crippen LogP contribution in [0, 0.1) is 18.3 Å². The summed E-state index contributed by atoms with van der Waals surface area (Å²) in [5, 5.41) is 3.44. The molecule has 0 atom stereocenters. The van der Waals surface area contributed by atoms with Gasteiger partial charge in [-0.25, -0.2) is 0 Å². The van der Waals surface area contributed by atoms with E-state index >= 15 is 0 Å². The maximum absolute atomic E-state index is 5.98. The Morgan fingerprint density at radius 3 is 2.50 bits per heavy atom. The fourth-order valence-electron chi connectivity index (χ4n) is 2.45. The van der Waals surface area contributed by atoms with Crippen LogP contribution in [0.25, 0.3) is 0 Å². The Labute approximate surface area is 124 Å². The van der Waals surface area contributed by atoms with Crippen LogP contribution < -0.4 is 5.32 Å². The van der Waals surface area contributed by atoms with Gasteiger partial charge < -0.3 is 9.73 Å². The van der Waals surface area contributed by atoms with Gasteiger partial charge in [0.1, 0.15) is 11.5 Å². The lowest BCUT2D eigenvalue weighted by molar-refractivity contribution is 0.206. The third kappa shape index (κ3) is 6.58. The van der Waals surface area contributed by atoms with Gasteiger partial charge in [-0.3, -0.25) is 4.90 Å². The molecule has 0 radical (unpaired) electrons. The fraction of sp³-hybridized carbons (Fsp3) is 0.765. The van der Waals surface area contributed by atoms with Crippen LogP contribution >= 0.6 is 0 Å². The molecule has 3 nitrogen and oxygen atoms in total. The predicted molar refractivity (Wildman–Crippen MR) is 85.8 cm³/mol. The molecular formula is C17H32N2O. The third-order valence-corrected chi connectivity index (χ3v) is 3.08. The van der Waals surface area contributed by atoms with E-state index in [-0.39, 0.29) is 0 Å². The highest BCUT2D eigenvalue weighted by Gasteiger charge is 2.15. The summed E-state index contributed by atoms with van der Waals surface area (Å²) >= 11 is 0. The second-order valence-electron chi connectivity index (χ2n) is 7.58. The van der Waals surface area contributed by atoms with Gasteiger partial charge in [-0.05, 0) is 43.5 Å². The molecule has 0 saturated carbocycles. The zero-order chi connectivity index (χ0) is 15.3. The molecule has 0 unspecified atom stereocenters. The lowest BCUT2D eigenvalue weighted by atomic mass is 9.96. The van der Waals surface area contributed by atoms with Gasteiger partial charge >= 0.3 is 0 Å². The minimum Gasteiger partial charge on any atom is -0.463 e. The molecule has 0 bridgehead atoms. The van der Waals surface area contributed by atoms with Gasteiger partial charge in [0.05, 0.1) is 13.1 Å². The van der Waals surface area contributed by atoms with E-state index in [0.29, 0.717) is 11.3 Å². The molecule has 1 aromatic rings. The summed E-state index contributed by atoms with van der Waals surface area (Å²) < 4.78 is 5.98. The largest absolute Gasteiger partial charge is 0.463 e. The normalized spacial score (nSPS) is 12.7. The first-order valence-electron chi connectivity index (χ1n) is 7.65. The van der Waals surface area contributed by atoms with Gasteiger partial charge in [0.25, 0.3) is 0 Å². The lowest BCUT2D eigenvalue weighted by Crippen LogP contribution is -2.28. The van der Waals surface area contributed by atoms with Crippen molar-refractivity contribution in [1.29, 1.82) is 0 Å². The molecule has 1 heterocycles. The van der Waals surface area contributed by atoms with Crippen LogP contribution in [0.1, 0.15) is 51.7 Å². The molecule has 0 saturated heterocycles. The first kappa shape index (κ1) is 17.3. The van der Waals surface area contributed by atoms with Gasteiger partial charge in [-0.2, -0.15) is 0 Å². The SMILES string of the molecule is Cc1cc(CN(C)CC(C)(C)C)oc1CNCC(C)C. The van der Waals surface area contributed by atoms with E-state index in [2.05, 4.69) is 64.9 Å². The van der Waals surface area contributed by atoms with Crippen molar-refractivity contribution in [1.82, 2.24) is 10.2 Å². The fourth-order valence-corrected chi connectivity index (χ4v) is 2.45. The van der Waals surface area contributed by atoms with Crippen molar-refractivity contribution in [3.8, 4) is 0 Å². The Hall–Kier alpha value is -0.800. The molecule has 0 aliphatic rings. The van der Waals surface area contributed by atoms with Crippen LogP contribution in [0.4, 0.5) is 0 Å². The molecule has 0 aromatic carbocycles. The number of rotatable bonds is 7. The second-order valence-corrected chi connectivity index (χ2v) is 7.58. The first-order valence-corrected chi connectivity index (χ1v) is 7.65. The van der Waals surface area contributed by atoms with Crippen molar-refractivity contribution < 1.29 is 4.42 Å². The standard InChI is InChI=1S/C17H32N2O/c1-13(2)9-18-10-16-14(3)8-15(20-16)11-19(7)12-17(4,5)6/h8,13,18H,9-12H2,1-7H3. The molecule has 0 spiro atoms. The quantitative estimate of drug-likeness (QED) is 0.823. The van der Waals surface area contributed by atoms with E-state index in [9.17, 15) is 0 Å². The monoisotopic (exact) mass is 280 g/mol. The van der Waals surface area contributed by atoms with Crippen molar-refractivity contribution >= 4 is 0 Å². The van der Waals surface area contributed by atoms with E-state index < -0.39 is 0 Å². The van der Waals surface area contributed by atoms with E-state index in [1.165, 1.54) is 5.56 Å². The average Bonchev–Trinajstić information content (AvgIpc) is 2.55. The lowest BCUT2D eigenvalue weighted by Gasteiger charge is -2.25. The molecule has 0 aliphatic carbocycles. The number of nitrogens with zero attached hydrogens (tertiary/aromatic N) is 1. The third-order valence-electron chi connectivity index (χ3n) is 3.08. The Morgan fingerprint density at radius 2 is 1.95 bits per heavy atom. The number of furan rings is 1. The summed E-state index contributed by atoms with van der Waals surface area (Å²) in [5.41, 5.74) is 1.57. The van der Waals surface area contributed by atoms with Crippen molar-refractivity contribution in [2.75, 3.05) is 20.1 Å². The first-order chi connectivity index (χ1) is 9.17. The minimum atomic E-state index is 0.317. The smallest absolute Gasteiger partial charge is 0.120 e. The zero-order valence-electron chi connectivity index (χ0n) is 14.3. The summed E-state index contributed by atoms with van der Waals surface area (Å²) in [5.74, 6) is 2.81. The molecule has 1 rings (SSSR count). The van der Waals surface area contributed by atoms with Crippen LogP contribution in [0.2, 0.25) is 0 Å². The van der Waals surface area contributed by atoms with E-state index in [1.807, 2.05) is 0 Å². The Kier molecular flexibility index (Phi) is 6.28. The molecule has 0 aliphatic heterocycles. The Balaban J connectivity index is 2.52. The van der Waals surface area contributed by atoms with Gasteiger partial charge in [0, 0.05) is 6.54 Å². The van der Waals surface area contributed by atoms with Crippen LogP contribution in [0.5, 0.6) is 0 Å². The van der Waals surface area contributed by atoms with Gasteiger partial charge in [0.15, 0.2) is 0 Å². The second kappa shape index (κ2) is 7.28. The highest BCUT2D eigenvalue weighted by molar-refractivity contribution is 5.20. The number of aryl methyl sites for hydroxylation is 1. The highest BCUT2D eigenvalue weighted by Crippen LogP contribution is 2.19. The molecule has 1 N–H and O–H groups in total. The molecule has 0 amide bonds. The molecule has 116 valence electrons. The van der Waals surface area contributed by atoms with Gasteiger partial charge in [-0.1, -0.05) is 34.6 Å². The van der Waals surface area contributed by atoms with Gasteiger partial charge in [0.2, 0.25) is 0 Å². The predicted octanol–water partition coefficient (Wildman–Crippen LogP) is 3.81. The number of hydrogen-bond donors (Lipinski definition) is 1. The number of hydrogen-bond acceptors (Lipinski definition) is 3. The van der Waals surface area contributed by atoms with E-state index in [4.69, 9.17) is 4.42 Å². The van der Waals surface area contributed by atoms with Crippen molar-refractivity contribution in [3.63, 3.8) is 0 Å². The van der Waals surface area contributed by atoms with Gasteiger partial charge in [-0.15, -0.1) is 0 Å². The summed E-state index contributed by atoms with van der Waals surface area (Å²) in [6.07, 6.45) is 0. The maximum Gasteiger partial charge on any atom is 0.120 e. The Bertz CT molecular complexity index is 402. The summed E-state index contributed by atoms with van der Waals surface area (Å²) in [4.78, 5) is 2.32. The molecule has 1 aromatic heterocycles. The summed E-state index contributed by atoms with van der Waals surface area (Å²) in [6, 6.07) is 2.17. The molecule has 0 fully saturated rings. The van der Waals surface area contributed by atoms with Crippen molar-refractivity contribution in [3.05, 3.63) is 23.2 Å². The number of nitrogens with one attached hydrogen (secondary N) is 1. The van der Waals surface area contributed by atoms with E-state index in [1.54, 1.807) is 0 Å². The van der Waals surface area contributed by atoms with E-state index in [0.717, 1.165) is 37.7 Å². The summed E-state index contributed by atoms with van der Waals surface area (Å²) in [6.45, 7) is 17.1.